The Morgan fingerprint density at radius 2 is 1.52 bits per heavy atom. The summed E-state index contributed by atoms with van der Waals surface area (Å²) in [5.74, 6) is -0.704. The molecule has 0 heterocycles. The summed E-state index contributed by atoms with van der Waals surface area (Å²) < 4.78 is 5.11. The summed E-state index contributed by atoms with van der Waals surface area (Å²) in [6.45, 7) is 0.865. The number of nitrogens with one attached hydrogen (secondary N) is 4. The summed E-state index contributed by atoms with van der Waals surface area (Å²) in [6, 6.07) is 17.3. The third kappa shape index (κ3) is 9.64. The van der Waals surface area contributed by atoms with E-state index in [4.69, 9.17) is 9.94 Å². The second kappa shape index (κ2) is 13.6. The number of alkyl carbamates (subject to hydrolysis) is 1. The molecule has 166 valence electrons. The predicted molar refractivity (Wildman–Crippen MR) is 114 cm³/mol. The Morgan fingerprint density at radius 3 is 2.16 bits per heavy atom. The van der Waals surface area contributed by atoms with Crippen LogP contribution >= 0.6 is 0 Å². The zero-order valence-electron chi connectivity index (χ0n) is 17.2. The Balaban J connectivity index is 1.63. The van der Waals surface area contributed by atoms with Gasteiger partial charge in [-0.25, -0.2) is 15.1 Å². The number of amides is 4. The molecule has 0 saturated heterocycles. The van der Waals surface area contributed by atoms with Crippen molar-refractivity contribution in [1.29, 1.82) is 0 Å². The van der Waals surface area contributed by atoms with Crippen molar-refractivity contribution in [2.45, 2.75) is 38.5 Å². The van der Waals surface area contributed by atoms with E-state index in [-0.39, 0.29) is 6.61 Å². The van der Waals surface area contributed by atoms with Gasteiger partial charge in [0.05, 0.1) is 0 Å². The molecule has 2 aromatic carbocycles. The molecule has 2 rings (SSSR count). The van der Waals surface area contributed by atoms with Crippen molar-refractivity contribution >= 4 is 18.0 Å². The van der Waals surface area contributed by atoms with Crippen LogP contribution in [0, 0.1) is 0 Å². The number of hydroxylamine groups is 1. The van der Waals surface area contributed by atoms with Crippen LogP contribution in [0.2, 0.25) is 0 Å². The number of ether oxygens (including phenoxy) is 1. The summed E-state index contributed by atoms with van der Waals surface area (Å²) in [7, 11) is 0. The van der Waals surface area contributed by atoms with E-state index in [0.29, 0.717) is 32.4 Å². The lowest BCUT2D eigenvalue weighted by Gasteiger charge is -2.17. The highest BCUT2D eigenvalue weighted by atomic mass is 16.5. The molecule has 9 heteroatoms. The van der Waals surface area contributed by atoms with Crippen molar-refractivity contribution in [3.05, 3.63) is 71.8 Å². The number of carbonyl (C=O) groups excluding carboxylic acids is 3. The fourth-order valence-corrected chi connectivity index (χ4v) is 2.77. The fourth-order valence-electron chi connectivity index (χ4n) is 2.77. The van der Waals surface area contributed by atoms with E-state index in [0.717, 1.165) is 11.1 Å². The second-order valence-electron chi connectivity index (χ2n) is 6.83. The minimum atomic E-state index is -0.897. The van der Waals surface area contributed by atoms with Crippen LogP contribution in [0.3, 0.4) is 0 Å². The van der Waals surface area contributed by atoms with E-state index < -0.39 is 24.1 Å². The molecule has 1 atom stereocenters. The number of unbranched alkanes of at least 4 members (excludes halogenated alkanes) is 1. The smallest absolute Gasteiger partial charge is 0.407 e. The lowest BCUT2D eigenvalue weighted by molar-refractivity contribution is -0.131. The number of hydrogen-bond acceptors (Lipinski definition) is 5. The summed E-state index contributed by atoms with van der Waals surface area (Å²) in [5, 5.41) is 16.8. The van der Waals surface area contributed by atoms with Crippen LogP contribution in [0.4, 0.5) is 9.59 Å². The first-order valence-electron chi connectivity index (χ1n) is 10.0. The van der Waals surface area contributed by atoms with Crippen molar-refractivity contribution < 1.29 is 24.3 Å². The zero-order chi connectivity index (χ0) is 22.3. The molecular weight excluding hydrogens is 400 g/mol. The van der Waals surface area contributed by atoms with Crippen molar-refractivity contribution in [1.82, 2.24) is 21.4 Å². The van der Waals surface area contributed by atoms with Gasteiger partial charge in [0.2, 0.25) is 0 Å². The Kier molecular flexibility index (Phi) is 10.4. The lowest BCUT2D eigenvalue weighted by Crippen LogP contribution is -2.49. The number of urea groups is 1. The Bertz CT molecular complexity index is 817. The highest BCUT2D eigenvalue weighted by Crippen LogP contribution is 2.03. The summed E-state index contributed by atoms with van der Waals surface area (Å²) in [4.78, 5) is 35.6. The van der Waals surface area contributed by atoms with E-state index >= 15 is 0 Å². The molecule has 9 nitrogen and oxygen atoms in total. The molecule has 0 aromatic heterocycles. The van der Waals surface area contributed by atoms with Crippen LogP contribution in [0.15, 0.2) is 60.7 Å². The number of benzene rings is 2. The quantitative estimate of drug-likeness (QED) is 0.213. The third-order valence-electron chi connectivity index (χ3n) is 4.43. The standard InChI is InChI=1S/C22H28N4O5/c27-20(26-30)19(25-21(28)24-15-17-9-3-1-4-10-17)13-7-8-14-23-22(29)31-16-18-11-5-2-6-12-18/h1-6,9-12,19,30H,7-8,13-16H2,(H,23,29)(H,26,27)(H2,24,25,28)/t19-/m0/s1. The maximum Gasteiger partial charge on any atom is 0.407 e. The van der Waals surface area contributed by atoms with Gasteiger partial charge in [0.25, 0.3) is 5.91 Å². The van der Waals surface area contributed by atoms with Crippen molar-refractivity contribution in [2.75, 3.05) is 6.54 Å². The molecule has 4 amide bonds. The largest absolute Gasteiger partial charge is 0.445 e. The number of hydrogen-bond donors (Lipinski definition) is 5. The van der Waals surface area contributed by atoms with Crippen LogP contribution in [-0.2, 0) is 22.7 Å². The number of carbonyl (C=O) groups is 3. The number of rotatable bonds is 11. The molecule has 0 spiro atoms. The van der Waals surface area contributed by atoms with Crippen LogP contribution in [0.25, 0.3) is 0 Å². The van der Waals surface area contributed by atoms with Crippen molar-refractivity contribution in [2.24, 2.45) is 0 Å². The molecule has 0 aliphatic carbocycles. The average Bonchev–Trinajstić information content (AvgIpc) is 2.81. The average molecular weight is 428 g/mol. The van der Waals surface area contributed by atoms with E-state index in [2.05, 4.69) is 16.0 Å². The highest BCUT2D eigenvalue weighted by Gasteiger charge is 2.19. The van der Waals surface area contributed by atoms with Gasteiger partial charge in [0.15, 0.2) is 0 Å². The molecule has 31 heavy (non-hydrogen) atoms. The predicted octanol–water partition coefficient (Wildman–Crippen LogP) is 2.46. The topological polar surface area (TPSA) is 129 Å². The van der Waals surface area contributed by atoms with Gasteiger partial charge in [-0.3, -0.25) is 10.0 Å². The first kappa shape index (κ1) is 23.7. The molecule has 0 fully saturated rings. The van der Waals surface area contributed by atoms with Gasteiger partial charge in [0, 0.05) is 13.1 Å². The molecule has 0 aliphatic heterocycles. The monoisotopic (exact) mass is 428 g/mol. The van der Waals surface area contributed by atoms with E-state index in [1.165, 1.54) is 0 Å². The molecular formula is C22H28N4O5. The Hall–Kier alpha value is -3.59. The minimum absolute atomic E-state index is 0.188. The first-order valence-corrected chi connectivity index (χ1v) is 10.0. The van der Waals surface area contributed by atoms with E-state index in [1.807, 2.05) is 60.7 Å². The summed E-state index contributed by atoms with van der Waals surface area (Å²) >= 11 is 0. The molecule has 0 bridgehead atoms. The Morgan fingerprint density at radius 1 is 0.871 bits per heavy atom. The molecule has 0 unspecified atom stereocenters. The van der Waals surface area contributed by atoms with Crippen LogP contribution < -0.4 is 21.4 Å². The van der Waals surface area contributed by atoms with Crippen LogP contribution in [0.5, 0.6) is 0 Å². The van der Waals surface area contributed by atoms with Crippen molar-refractivity contribution in [3.8, 4) is 0 Å². The van der Waals surface area contributed by atoms with Gasteiger partial charge < -0.3 is 20.7 Å². The Labute approximate surface area is 181 Å². The molecule has 5 N–H and O–H groups in total. The zero-order valence-corrected chi connectivity index (χ0v) is 17.2. The highest BCUT2D eigenvalue weighted by molar-refractivity contribution is 5.86. The third-order valence-corrected chi connectivity index (χ3v) is 4.43. The fraction of sp³-hybridized carbons (Fsp3) is 0.318. The van der Waals surface area contributed by atoms with Crippen LogP contribution in [0.1, 0.15) is 30.4 Å². The molecule has 0 saturated carbocycles. The molecule has 0 aliphatic rings. The van der Waals surface area contributed by atoms with Gasteiger partial charge >= 0.3 is 12.1 Å². The van der Waals surface area contributed by atoms with Gasteiger partial charge in [0.1, 0.15) is 12.6 Å². The maximum absolute atomic E-state index is 12.1. The van der Waals surface area contributed by atoms with Gasteiger partial charge in [-0.15, -0.1) is 0 Å². The second-order valence-corrected chi connectivity index (χ2v) is 6.83. The van der Waals surface area contributed by atoms with E-state index in [1.54, 1.807) is 5.48 Å². The van der Waals surface area contributed by atoms with Crippen molar-refractivity contribution in [3.63, 3.8) is 0 Å². The maximum atomic E-state index is 12.1. The molecule has 2 aromatic rings. The summed E-state index contributed by atoms with van der Waals surface area (Å²) in [5.41, 5.74) is 3.38. The first-order chi connectivity index (χ1) is 15.1. The van der Waals surface area contributed by atoms with Gasteiger partial charge in [-0.2, -0.15) is 0 Å². The SMILES string of the molecule is O=C(NCc1ccccc1)N[C@@H](CCCCNC(=O)OCc1ccccc1)C(=O)NO. The normalized spacial score (nSPS) is 11.1. The summed E-state index contributed by atoms with van der Waals surface area (Å²) in [6.07, 6.45) is 0.886. The lowest BCUT2D eigenvalue weighted by atomic mass is 10.1. The van der Waals surface area contributed by atoms with Gasteiger partial charge in [-0.1, -0.05) is 60.7 Å². The van der Waals surface area contributed by atoms with Gasteiger partial charge in [-0.05, 0) is 30.4 Å². The minimum Gasteiger partial charge on any atom is -0.445 e. The van der Waals surface area contributed by atoms with E-state index in [9.17, 15) is 14.4 Å². The van der Waals surface area contributed by atoms with Crippen LogP contribution in [-0.4, -0.2) is 35.8 Å². The molecule has 0 radical (unpaired) electrons.